The molecule has 0 atom stereocenters. The molecule has 138 valence electrons. The summed E-state index contributed by atoms with van der Waals surface area (Å²) >= 11 is 3.00. The quantitative estimate of drug-likeness (QED) is 0.508. The molecule has 0 bridgehead atoms. The number of benzene rings is 2. The summed E-state index contributed by atoms with van der Waals surface area (Å²) in [6.07, 6.45) is 0. The van der Waals surface area contributed by atoms with Gasteiger partial charge in [-0.05, 0) is 24.3 Å². The van der Waals surface area contributed by atoms with Gasteiger partial charge < -0.3 is 20.1 Å². The molecule has 0 spiro atoms. The van der Waals surface area contributed by atoms with Crippen molar-refractivity contribution in [2.24, 2.45) is 0 Å². The normalized spacial score (nSPS) is 10.9. The monoisotopic (exact) mass is 400 g/mol. The zero-order chi connectivity index (χ0) is 19.0. The van der Waals surface area contributed by atoms with Gasteiger partial charge in [0.15, 0.2) is 10.3 Å². The van der Waals surface area contributed by atoms with Gasteiger partial charge in [0, 0.05) is 18.7 Å². The van der Waals surface area contributed by atoms with E-state index in [1.54, 1.807) is 14.2 Å². The summed E-state index contributed by atoms with van der Waals surface area (Å²) in [6.45, 7) is 1.49. The van der Waals surface area contributed by atoms with Crippen molar-refractivity contribution in [2.75, 3.05) is 24.9 Å². The largest absolute Gasteiger partial charge is 0.497 e. The van der Waals surface area contributed by atoms with Crippen LogP contribution in [0.1, 0.15) is 6.92 Å². The number of carbonyl (C=O) groups is 1. The molecule has 1 amide bonds. The average molecular weight is 400 g/mol. The molecule has 7 nitrogen and oxygen atoms in total. The molecule has 27 heavy (non-hydrogen) atoms. The van der Waals surface area contributed by atoms with Crippen molar-refractivity contribution in [3.63, 3.8) is 0 Å². The minimum absolute atomic E-state index is 0.101. The van der Waals surface area contributed by atoms with Crippen LogP contribution in [0.2, 0.25) is 0 Å². The van der Waals surface area contributed by atoms with E-state index >= 15 is 0 Å². The van der Waals surface area contributed by atoms with Gasteiger partial charge in [-0.15, -0.1) is 0 Å². The summed E-state index contributed by atoms with van der Waals surface area (Å²) in [7, 11) is 3.23. The molecule has 0 aliphatic rings. The predicted octanol–water partition coefficient (Wildman–Crippen LogP) is 4.63. The Morgan fingerprint density at radius 1 is 1.00 bits per heavy atom. The third-order valence-corrected chi connectivity index (χ3v) is 5.66. The van der Waals surface area contributed by atoms with Crippen LogP contribution in [0.15, 0.2) is 30.3 Å². The van der Waals surface area contributed by atoms with Crippen LogP contribution in [-0.4, -0.2) is 30.1 Å². The van der Waals surface area contributed by atoms with Crippen LogP contribution in [-0.2, 0) is 4.79 Å². The highest BCUT2D eigenvalue weighted by Crippen LogP contribution is 2.38. The van der Waals surface area contributed by atoms with Crippen molar-refractivity contribution in [3.05, 3.63) is 30.3 Å². The number of aromatic nitrogens is 2. The highest BCUT2D eigenvalue weighted by atomic mass is 32.1. The summed E-state index contributed by atoms with van der Waals surface area (Å²) in [5.41, 5.74) is 2.39. The standard InChI is InChI=1S/C18H16N4O3S2/c1-9(23)19-10-4-5-12-14(6-10)26-17(20-12)22-18-21-16-13(25-3)7-11(24-2)8-15(16)27-18/h4-8H,1-3H3,(H,19,23)(H,20,21,22). The van der Waals surface area contributed by atoms with E-state index in [0.29, 0.717) is 5.75 Å². The number of hydrogen-bond donors (Lipinski definition) is 2. The molecule has 0 fully saturated rings. The maximum absolute atomic E-state index is 11.2. The maximum Gasteiger partial charge on any atom is 0.221 e. The first kappa shape index (κ1) is 17.5. The van der Waals surface area contributed by atoms with Gasteiger partial charge in [0.25, 0.3) is 0 Å². The first-order chi connectivity index (χ1) is 13.1. The Hall–Kier alpha value is -2.91. The van der Waals surface area contributed by atoms with Crippen LogP contribution in [0.25, 0.3) is 20.4 Å². The fraction of sp³-hybridized carbons (Fsp3) is 0.167. The van der Waals surface area contributed by atoms with Gasteiger partial charge in [-0.2, -0.15) is 0 Å². The summed E-state index contributed by atoms with van der Waals surface area (Å²) < 4.78 is 12.7. The number of fused-ring (bicyclic) bond motifs is 2. The lowest BCUT2D eigenvalue weighted by atomic mass is 10.3. The number of anilines is 3. The van der Waals surface area contributed by atoms with Crippen molar-refractivity contribution in [3.8, 4) is 11.5 Å². The van der Waals surface area contributed by atoms with Crippen molar-refractivity contribution < 1.29 is 14.3 Å². The van der Waals surface area contributed by atoms with Crippen LogP contribution < -0.4 is 20.1 Å². The molecule has 0 aliphatic carbocycles. The minimum atomic E-state index is -0.101. The lowest BCUT2D eigenvalue weighted by molar-refractivity contribution is -0.114. The Morgan fingerprint density at radius 3 is 2.52 bits per heavy atom. The third-order valence-electron chi connectivity index (χ3n) is 3.81. The molecule has 0 saturated carbocycles. The Morgan fingerprint density at radius 2 is 1.78 bits per heavy atom. The number of nitrogens with zero attached hydrogens (tertiary/aromatic N) is 2. The number of ether oxygens (including phenoxy) is 2. The van der Waals surface area contributed by atoms with Crippen molar-refractivity contribution in [1.82, 2.24) is 9.97 Å². The second kappa shape index (κ2) is 7.01. The molecule has 2 heterocycles. The van der Waals surface area contributed by atoms with Gasteiger partial charge >= 0.3 is 0 Å². The Kier molecular flexibility index (Phi) is 4.54. The molecule has 2 aromatic carbocycles. The van der Waals surface area contributed by atoms with Crippen molar-refractivity contribution in [1.29, 1.82) is 0 Å². The van der Waals surface area contributed by atoms with E-state index in [1.807, 2.05) is 30.3 Å². The zero-order valence-corrected chi connectivity index (χ0v) is 16.5. The first-order valence-electron chi connectivity index (χ1n) is 8.03. The topological polar surface area (TPSA) is 85.4 Å². The van der Waals surface area contributed by atoms with E-state index in [1.165, 1.54) is 29.6 Å². The number of carbonyl (C=O) groups excluding carboxylic acids is 1. The number of thiazole rings is 2. The van der Waals surface area contributed by atoms with E-state index in [2.05, 4.69) is 20.6 Å². The van der Waals surface area contributed by atoms with Crippen molar-refractivity contribution in [2.45, 2.75) is 6.92 Å². The molecule has 9 heteroatoms. The zero-order valence-electron chi connectivity index (χ0n) is 14.8. The molecule has 0 saturated heterocycles. The van der Waals surface area contributed by atoms with Gasteiger partial charge in [-0.3, -0.25) is 4.79 Å². The van der Waals surface area contributed by atoms with Crippen LogP contribution in [0.5, 0.6) is 11.5 Å². The lowest BCUT2D eigenvalue weighted by Gasteiger charge is -2.03. The van der Waals surface area contributed by atoms with E-state index in [9.17, 15) is 4.79 Å². The lowest BCUT2D eigenvalue weighted by Crippen LogP contribution is -2.05. The highest BCUT2D eigenvalue weighted by Gasteiger charge is 2.13. The van der Waals surface area contributed by atoms with Gasteiger partial charge in [0.1, 0.15) is 17.0 Å². The first-order valence-corrected chi connectivity index (χ1v) is 9.67. The summed E-state index contributed by atoms with van der Waals surface area (Å²) in [6, 6.07) is 9.37. The van der Waals surface area contributed by atoms with Crippen LogP contribution >= 0.6 is 22.7 Å². The van der Waals surface area contributed by atoms with E-state index in [-0.39, 0.29) is 5.91 Å². The van der Waals surface area contributed by atoms with Crippen LogP contribution in [0.3, 0.4) is 0 Å². The number of rotatable bonds is 5. The summed E-state index contributed by atoms with van der Waals surface area (Å²) in [4.78, 5) is 20.4. The molecule has 0 aliphatic heterocycles. The summed E-state index contributed by atoms with van der Waals surface area (Å²) in [5, 5.41) is 7.50. The van der Waals surface area contributed by atoms with Gasteiger partial charge in [0.05, 0.1) is 29.1 Å². The number of methoxy groups -OCH3 is 2. The Labute approximate surface area is 163 Å². The molecule has 2 N–H and O–H groups in total. The van der Waals surface area contributed by atoms with Crippen LogP contribution in [0.4, 0.5) is 16.0 Å². The van der Waals surface area contributed by atoms with Crippen molar-refractivity contribution >= 4 is 65.0 Å². The molecular weight excluding hydrogens is 384 g/mol. The maximum atomic E-state index is 11.2. The SMILES string of the molecule is COc1cc(OC)c2nc(Nc3nc4ccc(NC(C)=O)cc4s3)sc2c1. The molecule has 0 unspecified atom stereocenters. The number of nitrogens with one attached hydrogen (secondary N) is 2. The molecule has 0 radical (unpaired) electrons. The molecule has 4 aromatic rings. The van der Waals surface area contributed by atoms with Gasteiger partial charge in [0.2, 0.25) is 5.91 Å². The van der Waals surface area contributed by atoms with E-state index in [0.717, 1.165) is 42.1 Å². The second-order valence-electron chi connectivity index (χ2n) is 5.70. The average Bonchev–Trinajstić information content (AvgIpc) is 3.22. The minimum Gasteiger partial charge on any atom is -0.497 e. The number of hydrogen-bond acceptors (Lipinski definition) is 8. The second-order valence-corrected chi connectivity index (χ2v) is 7.76. The van der Waals surface area contributed by atoms with Gasteiger partial charge in [-0.25, -0.2) is 9.97 Å². The fourth-order valence-electron chi connectivity index (χ4n) is 2.65. The third kappa shape index (κ3) is 3.51. The predicted molar refractivity (Wildman–Crippen MR) is 110 cm³/mol. The molecule has 2 aromatic heterocycles. The molecule has 4 rings (SSSR count). The van der Waals surface area contributed by atoms with E-state index in [4.69, 9.17) is 9.47 Å². The fourth-order valence-corrected chi connectivity index (χ4v) is 4.53. The Bertz CT molecular complexity index is 1150. The Balaban J connectivity index is 1.66. The summed E-state index contributed by atoms with van der Waals surface area (Å²) in [5.74, 6) is 1.29. The number of amides is 1. The van der Waals surface area contributed by atoms with Crippen LogP contribution in [0, 0.1) is 0 Å². The van der Waals surface area contributed by atoms with Gasteiger partial charge in [-0.1, -0.05) is 22.7 Å². The highest BCUT2D eigenvalue weighted by molar-refractivity contribution is 7.24. The molecular formula is C18H16N4O3S2. The smallest absolute Gasteiger partial charge is 0.221 e. The van der Waals surface area contributed by atoms with E-state index < -0.39 is 0 Å².